The van der Waals surface area contributed by atoms with Crippen LogP contribution in [0.1, 0.15) is 24.8 Å². The lowest BCUT2D eigenvalue weighted by Crippen LogP contribution is -2.30. The molecule has 1 aliphatic rings. The Hall–Kier alpha value is -0.0900. The predicted octanol–water partition coefficient (Wildman–Crippen LogP) is 4.01. The zero-order chi connectivity index (χ0) is 12.8. The fourth-order valence-corrected chi connectivity index (χ4v) is 2.97. The third-order valence-electron chi connectivity index (χ3n) is 3.34. The number of ether oxygens (including phenoxy) is 1. The third kappa shape index (κ3) is 4.54. The van der Waals surface area contributed by atoms with E-state index in [1.807, 2.05) is 18.2 Å². The fourth-order valence-electron chi connectivity index (χ4n) is 2.24. The number of hydrogen-bond acceptors (Lipinski definition) is 2. The summed E-state index contributed by atoms with van der Waals surface area (Å²) in [6.45, 7) is 3.74. The van der Waals surface area contributed by atoms with Crippen molar-refractivity contribution in [3.05, 3.63) is 33.3 Å². The zero-order valence-corrected chi connectivity index (χ0v) is 12.8. The van der Waals surface area contributed by atoms with E-state index in [-0.39, 0.29) is 0 Å². The van der Waals surface area contributed by atoms with E-state index in [1.165, 1.54) is 19.4 Å². The van der Waals surface area contributed by atoms with Crippen LogP contribution in [0.25, 0.3) is 0 Å². The van der Waals surface area contributed by atoms with Crippen LogP contribution >= 0.6 is 27.5 Å². The van der Waals surface area contributed by atoms with Gasteiger partial charge in [0.05, 0.1) is 6.61 Å². The Labute approximate surface area is 122 Å². The zero-order valence-electron chi connectivity index (χ0n) is 10.4. The third-order valence-corrected chi connectivity index (χ3v) is 4.19. The fraction of sp³-hybridized carbons (Fsp3) is 0.571. The molecule has 0 aliphatic carbocycles. The van der Waals surface area contributed by atoms with Crippen molar-refractivity contribution < 1.29 is 4.74 Å². The van der Waals surface area contributed by atoms with Crippen LogP contribution in [0.3, 0.4) is 0 Å². The predicted molar refractivity (Wildman–Crippen MR) is 79.0 cm³/mol. The molecule has 1 aromatic rings. The average molecular weight is 333 g/mol. The normalized spacial score (nSPS) is 20.0. The highest BCUT2D eigenvalue weighted by atomic mass is 79.9. The van der Waals surface area contributed by atoms with Crippen molar-refractivity contribution in [3.8, 4) is 0 Å². The first-order valence-corrected chi connectivity index (χ1v) is 7.65. The van der Waals surface area contributed by atoms with Crippen LogP contribution in [0.5, 0.6) is 0 Å². The van der Waals surface area contributed by atoms with E-state index in [1.54, 1.807) is 0 Å². The van der Waals surface area contributed by atoms with Crippen LogP contribution < -0.4 is 5.32 Å². The van der Waals surface area contributed by atoms with Crippen molar-refractivity contribution >= 4 is 27.5 Å². The molecule has 0 saturated carbocycles. The lowest BCUT2D eigenvalue weighted by molar-refractivity contribution is 0.103. The maximum absolute atomic E-state index is 6.14. The molecule has 1 aromatic carbocycles. The summed E-state index contributed by atoms with van der Waals surface area (Å²) in [4.78, 5) is 0. The Morgan fingerprint density at radius 2 is 2.33 bits per heavy atom. The molecule has 1 N–H and O–H groups in total. The molecular formula is C14H19BrClNO. The molecule has 0 bridgehead atoms. The number of piperidine rings is 1. The highest BCUT2D eigenvalue weighted by Crippen LogP contribution is 2.22. The molecule has 2 nitrogen and oxygen atoms in total. The number of halogens is 2. The van der Waals surface area contributed by atoms with Crippen molar-refractivity contribution in [2.45, 2.75) is 25.9 Å². The van der Waals surface area contributed by atoms with Gasteiger partial charge in [-0.1, -0.05) is 33.6 Å². The molecule has 0 aromatic heterocycles. The number of hydrogen-bond donors (Lipinski definition) is 1. The standard InChI is InChI=1S/C14H19BrClNO/c15-13-4-3-12(14(16)8-13)10-18-7-5-11-2-1-6-17-9-11/h3-4,8,11,17H,1-2,5-7,9-10H2. The molecule has 0 amide bonds. The SMILES string of the molecule is Clc1cc(Br)ccc1COCCC1CCCNC1. The molecule has 1 aliphatic heterocycles. The van der Waals surface area contributed by atoms with Gasteiger partial charge < -0.3 is 10.1 Å². The Kier molecular flexibility index (Phi) is 5.96. The molecule has 1 fully saturated rings. The molecule has 1 unspecified atom stereocenters. The van der Waals surface area contributed by atoms with Crippen LogP contribution in [0.15, 0.2) is 22.7 Å². The van der Waals surface area contributed by atoms with Crippen LogP contribution in [-0.2, 0) is 11.3 Å². The summed E-state index contributed by atoms with van der Waals surface area (Å²) in [6.07, 6.45) is 3.76. The van der Waals surface area contributed by atoms with E-state index in [0.717, 1.165) is 40.5 Å². The van der Waals surface area contributed by atoms with E-state index < -0.39 is 0 Å². The van der Waals surface area contributed by atoms with Gasteiger partial charge in [-0.2, -0.15) is 0 Å². The highest BCUT2D eigenvalue weighted by molar-refractivity contribution is 9.10. The van der Waals surface area contributed by atoms with Gasteiger partial charge in [-0.15, -0.1) is 0 Å². The Balaban J connectivity index is 1.68. The van der Waals surface area contributed by atoms with E-state index in [0.29, 0.717) is 6.61 Å². The van der Waals surface area contributed by atoms with E-state index >= 15 is 0 Å². The van der Waals surface area contributed by atoms with Crippen molar-refractivity contribution in [1.82, 2.24) is 5.32 Å². The quantitative estimate of drug-likeness (QED) is 0.823. The van der Waals surface area contributed by atoms with Crippen LogP contribution in [0.4, 0.5) is 0 Å². The number of nitrogens with one attached hydrogen (secondary N) is 1. The maximum Gasteiger partial charge on any atom is 0.0731 e. The maximum atomic E-state index is 6.14. The molecule has 4 heteroatoms. The van der Waals surface area contributed by atoms with Gasteiger partial charge in [0.15, 0.2) is 0 Å². The summed E-state index contributed by atoms with van der Waals surface area (Å²) in [6, 6.07) is 5.91. The summed E-state index contributed by atoms with van der Waals surface area (Å²) in [5.74, 6) is 0.777. The van der Waals surface area contributed by atoms with Crippen LogP contribution in [-0.4, -0.2) is 19.7 Å². The molecular weight excluding hydrogens is 314 g/mol. The Morgan fingerprint density at radius 1 is 1.44 bits per heavy atom. The molecule has 2 rings (SSSR count). The van der Waals surface area contributed by atoms with Crippen LogP contribution in [0.2, 0.25) is 5.02 Å². The van der Waals surface area contributed by atoms with Gasteiger partial charge >= 0.3 is 0 Å². The summed E-state index contributed by atoms with van der Waals surface area (Å²) < 4.78 is 6.72. The lowest BCUT2D eigenvalue weighted by Gasteiger charge is -2.22. The Bertz CT molecular complexity index is 380. The first-order chi connectivity index (χ1) is 8.75. The highest BCUT2D eigenvalue weighted by Gasteiger charge is 2.12. The molecule has 100 valence electrons. The minimum atomic E-state index is 0.603. The minimum Gasteiger partial charge on any atom is -0.377 e. The minimum absolute atomic E-state index is 0.603. The van der Waals surface area contributed by atoms with Gasteiger partial charge in [0.2, 0.25) is 0 Å². The summed E-state index contributed by atoms with van der Waals surface area (Å²) >= 11 is 9.54. The van der Waals surface area contributed by atoms with Crippen LogP contribution in [0, 0.1) is 5.92 Å². The van der Waals surface area contributed by atoms with Gasteiger partial charge in [0, 0.05) is 16.1 Å². The van der Waals surface area contributed by atoms with Gasteiger partial charge in [0.1, 0.15) is 0 Å². The molecule has 1 saturated heterocycles. The smallest absolute Gasteiger partial charge is 0.0731 e. The topological polar surface area (TPSA) is 21.3 Å². The summed E-state index contributed by atoms with van der Waals surface area (Å²) in [5.41, 5.74) is 1.06. The van der Waals surface area contributed by atoms with E-state index in [2.05, 4.69) is 21.2 Å². The first-order valence-electron chi connectivity index (χ1n) is 6.48. The second-order valence-corrected chi connectivity index (χ2v) is 6.11. The molecule has 1 heterocycles. The molecule has 0 spiro atoms. The van der Waals surface area contributed by atoms with Gasteiger partial charge in [-0.05, 0) is 56.0 Å². The van der Waals surface area contributed by atoms with Gasteiger partial charge in [-0.3, -0.25) is 0 Å². The molecule has 18 heavy (non-hydrogen) atoms. The number of benzene rings is 1. The average Bonchev–Trinajstić information content (AvgIpc) is 2.38. The van der Waals surface area contributed by atoms with E-state index in [4.69, 9.17) is 16.3 Å². The van der Waals surface area contributed by atoms with Crippen molar-refractivity contribution in [2.75, 3.05) is 19.7 Å². The molecule has 0 radical (unpaired) electrons. The van der Waals surface area contributed by atoms with E-state index in [9.17, 15) is 0 Å². The largest absolute Gasteiger partial charge is 0.377 e. The van der Waals surface area contributed by atoms with Crippen molar-refractivity contribution in [3.63, 3.8) is 0 Å². The summed E-state index contributed by atoms with van der Waals surface area (Å²) in [5, 5.41) is 4.19. The Morgan fingerprint density at radius 3 is 3.06 bits per heavy atom. The van der Waals surface area contributed by atoms with Gasteiger partial charge in [0.25, 0.3) is 0 Å². The summed E-state index contributed by atoms with van der Waals surface area (Å²) in [7, 11) is 0. The second kappa shape index (κ2) is 7.49. The molecule has 1 atom stereocenters. The second-order valence-electron chi connectivity index (χ2n) is 4.79. The first kappa shape index (κ1) is 14.3. The van der Waals surface area contributed by atoms with Gasteiger partial charge in [-0.25, -0.2) is 0 Å². The monoisotopic (exact) mass is 331 g/mol. The van der Waals surface area contributed by atoms with Crippen molar-refractivity contribution in [2.24, 2.45) is 5.92 Å². The van der Waals surface area contributed by atoms with Crippen molar-refractivity contribution in [1.29, 1.82) is 0 Å². The lowest BCUT2D eigenvalue weighted by atomic mass is 9.97. The number of rotatable bonds is 5.